The number of aliphatic carboxylic acids is 1. The molecule has 3 N–H and O–H groups in total. The van der Waals surface area contributed by atoms with Crippen molar-refractivity contribution in [2.75, 3.05) is 5.32 Å². The number of ether oxygens (including phenoxy) is 1. The van der Waals surface area contributed by atoms with Gasteiger partial charge in [0.1, 0.15) is 5.60 Å². The lowest BCUT2D eigenvalue weighted by Gasteiger charge is -2.43. The number of rotatable bonds is 7. The van der Waals surface area contributed by atoms with Crippen molar-refractivity contribution in [3.63, 3.8) is 0 Å². The van der Waals surface area contributed by atoms with Gasteiger partial charge < -0.3 is 15.2 Å². The maximum atomic E-state index is 13.2. The number of aromatic nitrogens is 1. The Morgan fingerprint density at radius 1 is 1.05 bits per heavy atom. The van der Waals surface area contributed by atoms with Gasteiger partial charge in [-0.2, -0.15) is 0 Å². The smallest absolute Gasteiger partial charge is 0.413 e. The number of carboxylic acids is 1. The van der Waals surface area contributed by atoms with Gasteiger partial charge in [0.2, 0.25) is 5.91 Å². The van der Waals surface area contributed by atoms with Crippen molar-refractivity contribution in [1.82, 2.24) is 15.2 Å². The Balaban J connectivity index is 1.46. The topological polar surface area (TPSA) is 138 Å². The minimum atomic E-state index is -1.33. The molecule has 2 heterocycles. The van der Waals surface area contributed by atoms with Gasteiger partial charge in [0.15, 0.2) is 11.2 Å². The molecule has 0 aliphatic carbocycles. The highest BCUT2D eigenvalue weighted by molar-refractivity contribution is 7.15. The molecule has 1 aliphatic rings. The molecule has 0 bridgehead atoms. The van der Waals surface area contributed by atoms with Crippen molar-refractivity contribution in [3.05, 3.63) is 82.9 Å². The average molecular weight is 537 g/mol. The third-order valence-corrected chi connectivity index (χ3v) is 6.74. The minimum Gasteiger partial charge on any atom is -0.480 e. The van der Waals surface area contributed by atoms with Crippen LogP contribution in [0, 0.1) is 5.92 Å². The zero-order chi connectivity index (χ0) is 27.4. The fourth-order valence-electron chi connectivity index (χ4n) is 4.17. The Morgan fingerprint density at radius 2 is 1.63 bits per heavy atom. The molecule has 0 radical (unpaired) electrons. The zero-order valence-electron chi connectivity index (χ0n) is 21.1. The molecule has 1 aliphatic heterocycles. The highest BCUT2D eigenvalue weighted by Gasteiger charge is 2.55. The number of carbonyl (C=O) groups is 4. The molecule has 2 atom stereocenters. The second kappa shape index (κ2) is 11.0. The Bertz CT molecular complexity index is 1280. The molecule has 10 nitrogen and oxygen atoms in total. The molecule has 38 heavy (non-hydrogen) atoms. The van der Waals surface area contributed by atoms with Crippen molar-refractivity contribution >= 4 is 40.5 Å². The molecule has 1 aromatic heterocycles. The summed E-state index contributed by atoms with van der Waals surface area (Å²) in [6, 6.07) is 15.7. The quantitative estimate of drug-likeness (QED) is 0.380. The first kappa shape index (κ1) is 26.8. The number of thiazole rings is 1. The van der Waals surface area contributed by atoms with Gasteiger partial charge in [-0.3, -0.25) is 10.1 Å². The number of likely N-dealkylation sites (tertiary alicyclic amines) is 1. The number of benzene rings is 2. The number of nitrogens with zero attached hydrogens (tertiary/aromatic N) is 2. The van der Waals surface area contributed by atoms with Gasteiger partial charge in [0, 0.05) is 11.1 Å². The van der Waals surface area contributed by atoms with Crippen LogP contribution in [-0.4, -0.2) is 50.6 Å². The summed E-state index contributed by atoms with van der Waals surface area (Å²) in [7, 11) is 0. The highest BCUT2D eigenvalue weighted by atomic mass is 32.1. The number of amides is 4. The number of imide groups is 1. The summed E-state index contributed by atoms with van der Waals surface area (Å²) >= 11 is 1.11. The van der Waals surface area contributed by atoms with Crippen molar-refractivity contribution in [3.8, 4) is 0 Å². The first-order chi connectivity index (χ1) is 18.0. The molecular weight excluding hydrogens is 508 g/mol. The molecule has 4 rings (SSSR count). The van der Waals surface area contributed by atoms with Crippen molar-refractivity contribution in [1.29, 1.82) is 0 Å². The van der Waals surface area contributed by atoms with Crippen LogP contribution in [0.3, 0.4) is 0 Å². The fourth-order valence-corrected chi connectivity index (χ4v) is 5.02. The Labute approximate surface area is 223 Å². The number of hydrogen-bond acceptors (Lipinski definition) is 7. The lowest BCUT2D eigenvalue weighted by Crippen LogP contribution is -2.68. The Morgan fingerprint density at radius 3 is 2.16 bits per heavy atom. The minimum absolute atomic E-state index is 0.0635. The van der Waals surface area contributed by atoms with E-state index in [1.54, 1.807) is 20.8 Å². The second-order valence-electron chi connectivity index (χ2n) is 9.76. The van der Waals surface area contributed by atoms with Crippen molar-refractivity contribution in [2.45, 2.75) is 44.9 Å². The van der Waals surface area contributed by atoms with Crippen LogP contribution in [0.25, 0.3) is 0 Å². The molecule has 0 spiro atoms. The predicted octanol–water partition coefficient (Wildman–Crippen LogP) is 4.44. The van der Waals surface area contributed by atoms with Crippen LogP contribution in [0.5, 0.6) is 0 Å². The number of carboxylic acid groups (broad SMARTS) is 1. The number of urea groups is 1. The predicted molar refractivity (Wildman–Crippen MR) is 141 cm³/mol. The number of hydrogen-bond donors (Lipinski definition) is 3. The maximum absolute atomic E-state index is 13.2. The molecule has 1 fully saturated rings. The summed E-state index contributed by atoms with van der Waals surface area (Å²) in [4.78, 5) is 55.7. The van der Waals surface area contributed by atoms with E-state index in [2.05, 4.69) is 15.6 Å². The average Bonchev–Trinajstić information content (AvgIpc) is 3.30. The summed E-state index contributed by atoms with van der Waals surface area (Å²) < 4.78 is 5.20. The molecule has 198 valence electrons. The SMILES string of the molecule is CC(C)(C)OC(=O)Nc1ncc(CC2C(=O)N(C(=O)NC(c3ccccc3)c3ccccc3)[C@@H]2C(=O)O)s1. The zero-order valence-corrected chi connectivity index (χ0v) is 21.9. The van der Waals surface area contributed by atoms with E-state index in [-0.39, 0.29) is 11.6 Å². The van der Waals surface area contributed by atoms with E-state index in [9.17, 15) is 24.3 Å². The summed E-state index contributed by atoms with van der Waals surface area (Å²) in [6.07, 6.45) is 0.858. The van der Waals surface area contributed by atoms with Gasteiger partial charge in [-0.25, -0.2) is 24.3 Å². The van der Waals surface area contributed by atoms with Gasteiger partial charge in [0.05, 0.1) is 12.0 Å². The van der Waals surface area contributed by atoms with Gasteiger partial charge >= 0.3 is 18.1 Å². The maximum Gasteiger partial charge on any atom is 0.413 e. The van der Waals surface area contributed by atoms with E-state index in [0.717, 1.165) is 27.4 Å². The Hall–Kier alpha value is -4.25. The highest BCUT2D eigenvalue weighted by Crippen LogP contribution is 2.34. The monoisotopic (exact) mass is 536 g/mol. The third-order valence-electron chi connectivity index (χ3n) is 5.80. The van der Waals surface area contributed by atoms with Crippen LogP contribution in [0.2, 0.25) is 0 Å². The van der Waals surface area contributed by atoms with Crippen LogP contribution >= 0.6 is 11.3 Å². The van der Waals surface area contributed by atoms with Gasteiger partial charge in [-0.1, -0.05) is 60.7 Å². The van der Waals surface area contributed by atoms with E-state index in [1.807, 2.05) is 60.7 Å². The molecule has 1 unspecified atom stereocenters. The lowest BCUT2D eigenvalue weighted by molar-refractivity contribution is -0.165. The van der Waals surface area contributed by atoms with Crippen LogP contribution in [0.15, 0.2) is 66.9 Å². The van der Waals surface area contributed by atoms with Crippen LogP contribution in [-0.2, 0) is 20.7 Å². The molecule has 3 aromatic rings. The summed E-state index contributed by atoms with van der Waals surface area (Å²) in [5, 5.41) is 15.5. The Kier molecular flexibility index (Phi) is 7.77. The first-order valence-electron chi connectivity index (χ1n) is 11.9. The van der Waals surface area contributed by atoms with Crippen LogP contribution < -0.4 is 10.6 Å². The van der Waals surface area contributed by atoms with Gasteiger partial charge in [-0.05, 0) is 38.3 Å². The third kappa shape index (κ3) is 6.17. The van der Waals surface area contributed by atoms with Crippen LogP contribution in [0.4, 0.5) is 14.7 Å². The van der Waals surface area contributed by atoms with E-state index in [1.165, 1.54) is 6.20 Å². The number of nitrogens with one attached hydrogen (secondary N) is 2. The first-order valence-corrected chi connectivity index (χ1v) is 12.8. The number of anilines is 1. The summed E-state index contributed by atoms with van der Waals surface area (Å²) in [6.45, 7) is 5.20. The van der Waals surface area contributed by atoms with Gasteiger partial charge in [0.25, 0.3) is 0 Å². The number of β-lactam (4-membered cyclic amide) rings is 1. The van der Waals surface area contributed by atoms with E-state index < -0.39 is 47.6 Å². The standard InChI is InChI=1S/C27H28N4O6S/c1-27(2,3)37-26(36)30-24-28-15-18(38-24)14-19-21(23(33)34)31(22(19)32)25(35)29-20(16-10-6-4-7-11-16)17-12-8-5-9-13-17/h4-13,15,19-21H,14H2,1-3H3,(H,29,35)(H,33,34)(H,28,30,36)/t19?,21-/m0/s1. The fraction of sp³-hybridized carbons (Fsp3) is 0.296. The number of carbonyl (C=O) groups excluding carboxylic acids is 3. The van der Waals surface area contributed by atoms with Crippen molar-refractivity contribution < 1.29 is 29.0 Å². The molecule has 11 heteroatoms. The van der Waals surface area contributed by atoms with E-state index >= 15 is 0 Å². The largest absolute Gasteiger partial charge is 0.480 e. The van der Waals surface area contributed by atoms with Crippen LogP contribution in [0.1, 0.15) is 42.8 Å². The molecule has 4 amide bonds. The molecule has 0 saturated carbocycles. The second-order valence-corrected chi connectivity index (χ2v) is 10.9. The lowest BCUT2D eigenvalue weighted by atomic mass is 9.84. The summed E-state index contributed by atoms with van der Waals surface area (Å²) in [5.74, 6) is -2.82. The van der Waals surface area contributed by atoms with Crippen molar-refractivity contribution in [2.24, 2.45) is 5.92 Å². The molecule has 2 aromatic carbocycles. The normalized spacial score (nSPS) is 17.1. The molecular formula is C27H28N4O6S. The summed E-state index contributed by atoms with van der Waals surface area (Å²) in [5.41, 5.74) is 0.901. The van der Waals surface area contributed by atoms with Gasteiger partial charge in [-0.15, -0.1) is 11.3 Å². The molecule has 1 saturated heterocycles. The van der Waals surface area contributed by atoms with E-state index in [4.69, 9.17) is 4.74 Å². The van der Waals surface area contributed by atoms with E-state index in [0.29, 0.717) is 4.88 Å².